The zero-order valence-electron chi connectivity index (χ0n) is 7.70. The first-order chi connectivity index (χ1) is 6.52. The second-order valence-electron chi connectivity index (χ2n) is 2.73. The van der Waals surface area contributed by atoms with E-state index in [1.165, 1.54) is 12.5 Å². The van der Waals surface area contributed by atoms with Crippen LogP contribution in [-0.4, -0.2) is 31.8 Å². The molecule has 2 N–H and O–H groups in total. The number of H-pyrrole nitrogens is 1. The second kappa shape index (κ2) is 4.56. The SMILES string of the molecule is CC(C(=O)Nc1cn[nH]c1Cl)S(C)=O. The van der Waals surface area contributed by atoms with E-state index in [0.29, 0.717) is 5.69 Å². The first-order valence-corrected chi connectivity index (χ1v) is 5.84. The third-order valence-electron chi connectivity index (χ3n) is 1.72. The fraction of sp³-hybridized carbons (Fsp3) is 0.429. The summed E-state index contributed by atoms with van der Waals surface area (Å²) < 4.78 is 11.0. The van der Waals surface area contributed by atoms with Gasteiger partial charge in [-0.1, -0.05) is 11.6 Å². The molecule has 0 saturated heterocycles. The van der Waals surface area contributed by atoms with Crippen molar-refractivity contribution >= 4 is 34.0 Å². The summed E-state index contributed by atoms with van der Waals surface area (Å²) in [7, 11) is -1.19. The summed E-state index contributed by atoms with van der Waals surface area (Å²) in [5, 5.41) is 8.30. The number of anilines is 1. The number of hydrogen-bond acceptors (Lipinski definition) is 3. The number of rotatable bonds is 3. The summed E-state index contributed by atoms with van der Waals surface area (Å²) in [5.74, 6) is -0.339. The van der Waals surface area contributed by atoms with Crippen molar-refractivity contribution in [1.82, 2.24) is 10.2 Å². The van der Waals surface area contributed by atoms with Gasteiger partial charge in [0.15, 0.2) is 0 Å². The lowest BCUT2D eigenvalue weighted by atomic mass is 10.4. The Hall–Kier alpha value is -0.880. The van der Waals surface area contributed by atoms with E-state index in [0.717, 1.165) is 0 Å². The average Bonchev–Trinajstić information content (AvgIpc) is 2.50. The van der Waals surface area contributed by atoms with Gasteiger partial charge in [-0.3, -0.25) is 14.1 Å². The van der Waals surface area contributed by atoms with Gasteiger partial charge < -0.3 is 5.32 Å². The molecular formula is C7H10ClN3O2S. The van der Waals surface area contributed by atoms with Crippen LogP contribution in [0.3, 0.4) is 0 Å². The number of carbonyl (C=O) groups excluding carboxylic acids is 1. The first-order valence-electron chi connectivity index (χ1n) is 3.84. The molecule has 14 heavy (non-hydrogen) atoms. The van der Waals surface area contributed by atoms with E-state index in [9.17, 15) is 9.00 Å². The molecule has 0 aliphatic carbocycles. The van der Waals surface area contributed by atoms with Crippen molar-refractivity contribution in [1.29, 1.82) is 0 Å². The molecule has 0 fully saturated rings. The molecular weight excluding hydrogens is 226 g/mol. The predicted octanol–water partition coefficient (Wildman–Crippen LogP) is 0.769. The van der Waals surface area contributed by atoms with Crippen molar-refractivity contribution in [2.24, 2.45) is 0 Å². The third-order valence-corrected chi connectivity index (χ3v) is 3.22. The smallest absolute Gasteiger partial charge is 0.239 e. The highest BCUT2D eigenvalue weighted by Gasteiger charge is 2.17. The minimum atomic E-state index is -1.19. The summed E-state index contributed by atoms with van der Waals surface area (Å²) in [6.45, 7) is 1.58. The van der Waals surface area contributed by atoms with Gasteiger partial charge in [0.25, 0.3) is 0 Å². The van der Waals surface area contributed by atoms with Crippen molar-refractivity contribution in [2.45, 2.75) is 12.2 Å². The Bertz CT molecular complexity index is 366. The lowest BCUT2D eigenvalue weighted by Gasteiger charge is -2.07. The van der Waals surface area contributed by atoms with Crippen molar-refractivity contribution in [2.75, 3.05) is 11.6 Å². The van der Waals surface area contributed by atoms with Crippen LogP contribution in [0.4, 0.5) is 5.69 Å². The molecule has 1 aromatic rings. The van der Waals surface area contributed by atoms with Crippen LogP contribution in [0.1, 0.15) is 6.92 Å². The van der Waals surface area contributed by atoms with Crippen LogP contribution in [0.15, 0.2) is 6.20 Å². The number of nitrogens with zero attached hydrogens (tertiary/aromatic N) is 1. The van der Waals surface area contributed by atoms with Gasteiger partial charge in [-0.05, 0) is 6.92 Å². The topological polar surface area (TPSA) is 74.8 Å². The summed E-state index contributed by atoms with van der Waals surface area (Å²) in [6, 6.07) is 0. The molecule has 1 amide bonds. The quantitative estimate of drug-likeness (QED) is 0.813. The molecule has 0 aliphatic rings. The molecule has 2 unspecified atom stereocenters. The van der Waals surface area contributed by atoms with E-state index in [1.54, 1.807) is 6.92 Å². The molecule has 1 heterocycles. The first kappa shape index (κ1) is 11.2. The number of amides is 1. The summed E-state index contributed by atoms with van der Waals surface area (Å²) in [5.41, 5.74) is 0.397. The van der Waals surface area contributed by atoms with Crippen LogP contribution in [0, 0.1) is 0 Å². The average molecular weight is 236 g/mol. The lowest BCUT2D eigenvalue weighted by molar-refractivity contribution is -0.115. The van der Waals surface area contributed by atoms with Gasteiger partial charge in [-0.15, -0.1) is 0 Å². The largest absolute Gasteiger partial charge is 0.321 e. The van der Waals surface area contributed by atoms with Crippen LogP contribution in [-0.2, 0) is 15.6 Å². The molecule has 0 aliphatic heterocycles. The molecule has 1 rings (SSSR count). The standard InChI is InChI=1S/C7H10ClN3O2S/c1-4(14(2)13)7(12)10-5-3-9-11-6(5)8/h3-4H,1-2H3,(H,9,11)(H,10,12). The van der Waals surface area contributed by atoms with E-state index in [-0.39, 0.29) is 11.1 Å². The molecule has 0 bridgehead atoms. The number of carbonyl (C=O) groups is 1. The van der Waals surface area contributed by atoms with Crippen LogP contribution in [0.25, 0.3) is 0 Å². The highest BCUT2D eigenvalue weighted by molar-refractivity contribution is 7.85. The monoisotopic (exact) mass is 235 g/mol. The minimum Gasteiger partial charge on any atom is -0.321 e. The van der Waals surface area contributed by atoms with Crippen molar-refractivity contribution < 1.29 is 9.00 Å². The van der Waals surface area contributed by atoms with Gasteiger partial charge >= 0.3 is 0 Å². The van der Waals surface area contributed by atoms with Crippen LogP contribution in [0.5, 0.6) is 0 Å². The lowest BCUT2D eigenvalue weighted by Crippen LogP contribution is -2.28. The molecule has 78 valence electrons. The number of nitrogens with one attached hydrogen (secondary N) is 2. The summed E-state index contributed by atoms with van der Waals surface area (Å²) in [6.07, 6.45) is 2.87. The summed E-state index contributed by atoms with van der Waals surface area (Å²) in [4.78, 5) is 11.4. The van der Waals surface area contributed by atoms with E-state index in [1.807, 2.05) is 0 Å². The second-order valence-corrected chi connectivity index (χ2v) is 4.81. The fourth-order valence-electron chi connectivity index (χ4n) is 0.743. The van der Waals surface area contributed by atoms with Crippen LogP contribution < -0.4 is 5.32 Å². The zero-order chi connectivity index (χ0) is 10.7. The highest BCUT2D eigenvalue weighted by Crippen LogP contribution is 2.17. The minimum absolute atomic E-state index is 0.257. The predicted molar refractivity (Wildman–Crippen MR) is 55.8 cm³/mol. The van der Waals surface area contributed by atoms with Gasteiger partial charge in [0, 0.05) is 17.1 Å². The molecule has 0 spiro atoms. The Morgan fingerprint density at radius 2 is 2.43 bits per heavy atom. The maximum Gasteiger partial charge on any atom is 0.239 e. The molecule has 0 saturated carbocycles. The highest BCUT2D eigenvalue weighted by atomic mass is 35.5. The van der Waals surface area contributed by atoms with Gasteiger partial charge in [0.05, 0.1) is 11.9 Å². The van der Waals surface area contributed by atoms with Crippen molar-refractivity contribution in [3.05, 3.63) is 11.3 Å². The summed E-state index contributed by atoms with van der Waals surface area (Å²) >= 11 is 5.66. The van der Waals surface area contributed by atoms with Crippen LogP contribution >= 0.6 is 11.6 Å². The Morgan fingerprint density at radius 1 is 1.79 bits per heavy atom. The zero-order valence-corrected chi connectivity index (χ0v) is 9.28. The van der Waals surface area contributed by atoms with E-state index in [2.05, 4.69) is 15.5 Å². The van der Waals surface area contributed by atoms with Gasteiger partial charge in [0.1, 0.15) is 10.4 Å². The molecule has 1 aromatic heterocycles. The molecule has 2 atom stereocenters. The number of halogens is 1. The van der Waals surface area contributed by atoms with Crippen molar-refractivity contribution in [3.8, 4) is 0 Å². The van der Waals surface area contributed by atoms with E-state index in [4.69, 9.17) is 11.6 Å². The molecule has 0 aromatic carbocycles. The Morgan fingerprint density at radius 3 is 2.86 bits per heavy atom. The normalized spacial score (nSPS) is 14.8. The van der Waals surface area contributed by atoms with E-state index >= 15 is 0 Å². The Labute approximate surface area is 88.7 Å². The third kappa shape index (κ3) is 2.55. The molecule has 7 heteroatoms. The maximum atomic E-state index is 11.4. The van der Waals surface area contributed by atoms with Crippen LogP contribution in [0.2, 0.25) is 5.15 Å². The number of hydrogen-bond donors (Lipinski definition) is 2. The molecule has 5 nitrogen and oxygen atoms in total. The maximum absolute atomic E-state index is 11.4. The number of aromatic amines is 1. The van der Waals surface area contributed by atoms with Gasteiger partial charge in [-0.2, -0.15) is 5.10 Å². The van der Waals surface area contributed by atoms with E-state index < -0.39 is 16.0 Å². The Kier molecular flexibility index (Phi) is 3.65. The molecule has 0 radical (unpaired) electrons. The number of aromatic nitrogens is 2. The van der Waals surface area contributed by atoms with Gasteiger partial charge in [-0.25, -0.2) is 0 Å². The Balaban J connectivity index is 2.66. The van der Waals surface area contributed by atoms with Crippen molar-refractivity contribution in [3.63, 3.8) is 0 Å². The fourth-order valence-corrected chi connectivity index (χ4v) is 1.25. The van der Waals surface area contributed by atoms with Gasteiger partial charge in [0.2, 0.25) is 5.91 Å².